The Morgan fingerprint density at radius 3 is 2.32 bits per heavy atom. The van der Waals surface area contributed by atoms with E-state index in [1.54, 1.807) is 0 Å². The van der Waals surface area contributed by atoms with Crippen LogP contribution in [-0.4, -0.2) is 31.5 Å². The number of imide groups is 1. The maximum Gasteiger partial charge on any atom is 0.332 e. The minimum Gasteiger partial charge on any atom is -0.309 e. The first-order valence-electron chi connectivity index (χ1n) is 5.05. The molecule has 0 aliphatic carbocycles. The van der Waals surface area contributed by atoms with Crippen LogP contribution in [0.4, 0.5) is 4.79 Å². The van der Waals surface area contributed by atoms with Gasteiger partial charge in [-0.2, -0.15) is 0 Å². The zero-order valence-corrected chi connectivity index (χ0v) is 9.07. The lowest BCUT2D eigenvalue weighted by Gasteiger charge is -2.09. The molecule has 0 saturated carbocycles. The Balaban J connectivity index is 2.33. The highest BCUT2D eigenvalue weighted by Crippen LogP contribution is 2.03. The molecule has 2 aromatic heterocycles. The number of nitrogens with one attached hydrogen (secondary N) is 5. The fourth-order valence-corrected chi connectivity index (χ4v) is 1.84. The Hall–Kier alpha value is -3.11. The maximum absolute atomic E-state index is 12.0. The predicted octanol–water partition coefficient (Wildman–Crippen LogP) is -2.96. The number of carbonyl (C=O) groups excluding carboxylic acids is 2. The third kappa shape index (κ3) is 1.48. The fraction of sp³-hybridized carbons (Fsp3) is 0.125. The molecular formula is C8H6N6O5. The summed E-state index contributed by atoms with van der Waals surface area (Å²) in [5, 5.41) is 4.01. The Kier molecular flexibility index (Phi) is 1.99. The monoisotopic (exact) mass is 266 g/mol. The number of aromatic nitrogens is 4. The van der Waals surface area contributed by atoms with E-state index in [-0.39, 0.29) is 11.2 Å². The average Bonchev–Trinajstić information content (AvgIpc) is 2.82. The van der Waals surface area contributed by atoms with Crippen LogP contribution < -0.4 is 27.6 Å². The van der Waals surface area contributed by atoms with E-state index in [2.05, 4.69) is 20.3 Å². The van der Waals surface area contributed by atoms with Gasteiger partial charge in [0, 0.05) is 0 Å². The van der Waals surface area contributed by atoms with Gasteiger partial charge in [0.05, 0.1) is 0 Å². The van der Waals surface area contributed by atoms with Crippen molar-refractivity contribution in [3.05, 3.63) is 31.3 Å². The molecule has 1 aliphatic rings. The summed E-state index contributed by atoms with van der Waals surface area (Å²) in [6, 6.07) is -0.816. The van der Waals surface area contributed by atoms with Crippen molar-refractivity contribution in [3.8, 4) is 0 Å². The third-order valence-electron chi connectivity index (χ3n) is 2.62. The largest absolute Gasteiger partial charge is 0.332 e. The third-order valence-corrected chi connectivity index (χ3v) is 2.62. The number of hydrogen-bond donors (Lipinski definition) is 5. The second-order valence-corrected chi connectivity index (χ2v) is 3.80. The Morgan fingerprint density at radius 1 is 0.947 bits per heavy atom. The molecule has 98 valence electrons. The molecule has 3 rings (SSSR count). The Labute approximate surface area is 101 Å². The molecule has 3 amide bonds. The van der Waals surface area contributed by atoms with E-state index in [0.29, 0.717) is 4.57 Å². The molecule has 3 heterocycles. The van der Waals surface area contributed by atoms with Crippen LogP contribution in [-0.2, 0) is 4.79 Å². The Bertz CT molecular complexity index is 881. The van der Waals surface area contributed by atoms with Crippen molar-refractivity contribution in [2.24, 2.45) is 0 Å². The van der Waals surface area contributed by atoms with Gasteiger partial charge < -0.3 is 5.32 Å². The minimum absolute atomic E-state index is 0.0824. The van der Waals surface area contributed by atoms with E-state index in [1.807, 2.05) is 5.32 Å². The lowest BCUT2D eigenvalue weighted by molar-refractivity contribution is -0.122. The SMILES string of the molecule is O=C1NC(=O)C(n2c(=O)[nH]c3[nH]c(=O)[nH]c3c2=O)N1. The second kappa shape index (κ2) is 3.44. The number of H-pyrrole nitrogens is 3. The topological polar surface area (TPSA) is 162 Å². The number of fused-ring (bicyclic) bond motifs is 1. The molecule has 0 radical (unpaired) electrons. The van der Waals surface area contributed by atoms with Gasteiger partial charge >= 0.3 is 17.4 Å². The van der Waals surface area contributed by atoms with E-state index >= 15 is 0 Å². The summed E-state index contributed by atoms with van der Waals surface area (Å²) >= 11 is 0. The quantitative estimate of drug-likeness (QED) is 0.348. The Morgan fingerprint density at radius 2 is 1.68 bits per heavy atom. The van der Waals surface area contributed by atoms with Crippen molar-refractivity contribution < 1.29 is 9.59 Å². The molecule has 2 aromatic rings. The first kappa shape index (κ1) is 11.0. The second-order valence-electron chi connectivity index (χ2n) is 3.80. The van der Waals surface area contributed by atoms with Gasteiger partial charge in [0.2, 0.25) is 0 Å². The highest BCUT2D eigenvalue weighted by atomic mass is 16.2. The number of aromatic amines is 3. The van der Waals surface area contributed by atoms with E-state index in [1.165, 1.54) is 0 Å². The number of hydrogen-bond acceptors (Lipinski definition) is 5. The highest BCUT2D eigenvalue weighted by molar-refractivity contribution is 6.02. The molecule has 1 atom stereocenters. The summed E-state index contributed by atoms with van der Waals surface area (Å²) in [5.41, 5.74) is -2.80. The first-order chi connectivity index (χ1) is 8.97. The van der Waals surface area contributed by atoms with Crippen molar-refractivity contribution in [2.45, 2.75) is 6.17 Å². The van der Waals surface area contributed by atoms with Gasteiger partial charge in [-0.3, -0.25) is 29.9 Å². The smallest absolute Gasteiger partial charge is 0.309 e. The van der Waals surface area contributed by atoms with Crippen LogP contribution in [0.5, 0.6) is 0 Å². The van der Waals surface area contributed by atoms with Crippen molar-refractivity contribution in [1.82, 2.24) is 30.2 Å². The van der Waals surface area contributed by atoms with Crippen LogP contribution in [0.1, 0.15) is 6.17 Å². The normalized spacial score (nSPS) is 18.6. The van der Waals surface area contributed by atoms with Gasteiger partial charge in [-0.1, -0.05) is 0 Å². The zero-order chi connectivity index (χ0) is 13.7. The summed E-state index contributed by atoms with van der Waals surface area (Å²) in [4.78, 5) is 63.9. The fourth-order valence-electron chi connectivity index (χ4n) is 1.84. The summed E-state index contributed by atoms with van der Waals surface area (Å²) in [6.45, 7) is 0. The lowest BCUT2D eigenvalue weighted by atomic mass is 10.4. The number of rotatable bonds is 1. The van der Waals surface area contributed by atoms with Crippen LogP contribution in [0, 0.1) is 0 Å². The van der Waals surface area contributed by atoms with Crippen molar-refractivity contribution in [1.29, 1.82) is 0 Å². The minimum atomic E-state index is -1.45. The van der Waals surface area contributed by atoms with Crippen LogP contribution in [0.15, 0.2) is 14.4 Å². The van der Waals surface area contributed by atoms with Gasteiger partial charge in [-0.15, -0.1) is 0 Å². The van der Waals surface area contributed by atoms with Gasteiger partial charge in [0.25, 0.3) is 11.5 Å². The highest BCUT2D eigenvalue weighted by Gasteiger charge is 2.33. The average molecular weight is 266 g/mol. The van der Waals surface area contributed by atoms with Gasteiger partial charge in [-0.05, 0) is 0 Å². The van der Waals surface area contributed by atoms with Crippen molar-refractivity contribution >= 4 is 23.1 Å². The molecule has 0 spiro atoms. The molecule has 0 bridgehead atoms. The van der Waals surface area contributed by atoms with E-state index < -0.39 is 35.0 Å². The van der Waals surface area contributed by atoms with Crippen LogP contribution in [0.3, 0.4) is 0 Å². The number of carbonyl (C=O) groups is 2. The molecule has 1 saturated heterocycles. The standard InChI is InChI=1S/C8H6N6O5/c15-4-3(12-7(18)13-4)14-5(16)1-2(11-8(14)19)10-6(17)9-1/h3H,(H,11,19)(H2,9,10,17)(H2,12,13,15,18). The van der Waals surface area contributed by atoms with Crippen LogP contribution >= 0.6 is 0 Å². The molecule has 1 fully saturated rings. The molecule has 11 nitrogen and oxygen atoms in total. The van der Waals surface area contributed by atoms with Crippen molar-refractivity contribution in [2.75, 3.05) is 0 Å². The maximum atomic E-state index is 12.0. The number of nitrogens with zero attached hydrogens (tertiary/aromatic N) is 1. The number of urea groups is 1. The molecule has 1 unspecified atom stereocenters. The summed E-state index contributed by atoms with van der Waals surface area (Å²) in [7, 11) is 0. The molecule has 0 aromatic carbocycles. The zero-order valence-electron chi connectivity index (χ0n) is 9.07. The van der Waals surface area contributed by atoms with Gasteiger partial charge in [0.1, 0.15) is 5.65 Å². The van der Waals surface area contributed by atoms with Crippen LogP contribution in [0.2, 0.25) is 0 Å². The summed E-state index contributed by atoms with van der Waals surface area (Å²) < 4.78 is 0.506. The van der Waals surface area contributed by atoms with Crippen molar-refractivity contribution in [3.63, 3.8) is 0 Å². The molecule has 19 heavy (non-hydrogen) atoms. The van der Waals surface area contributed by atoms with E-state index in [9.17, 15) is 24.0 Å². The van der Waals surface area contributed by atoms with Gasteiger partial charge in [-0.25, -0.2) is 19.0 Å². The number of imidazole rings is 1. The lowest BCUT2D eigenvalue weighted by Crippen LogP contribution is -2.44. The predicted molar refractivity (Wildman–Crippen MR) is 59.5 cm³/mol. The van der Waals surface area contributed by atoms with Crippen LogP contribution in [0.25, 0.3) is 11.2 Å². The molecule has 5 N–H and O–H groups in total. The molecule has 11 heteroatoms. The van der Waals surface area contributed by atoms with E-state index in [4.69, 9.17) is 0 Å². The molecular weight excluding hydrogens is 260 g/mol. The summed E-state index contributed by atoms with van der Waals surface area (Å²) in [6.07, 6.45) is -1.45. The summed E-state index contributed by atoms with van der Waals surface area (Å²) in [5.74, 6) is -0.838. The first-order valence-corrected chi connectivity index (χ1v) is 5.05. The van der Waals surface area contributed by atoms with Gasteiger partial charge in [0.15, 0.2) is 11.7 Å². The molecule has 1 aliphatic heterocycles. The van der Waals surface area contributed by atoms with E-state index in [0.717, 1.165) is 0 Å². The number of amides is 3.